The number of ketones is 1. The first-order valence-electron chi connectivity index (χ1n) is 24.1. The van der Waals surface area contributed by atoms with Gasteiger partial charge in [0.1, 0.15) is 30.0 Å². The molecule has 9 N–H and O–H groups in total. The number of carbonyl (C=O) groups is 8. The van der Waals surface area contributed by atoms with Crippen LogP contribution in [0.25, 0.3) is 0 Å². The van der Waals surface area contributed by atoms with Crippen LogP contribution in [0.1, 0.15) is 118 Å². The van der Waals surface area contributed by atoms with E-state index in [-0.39, 0.29) is 68.9 Å². The maximum atomic E-state index is 14.5. The molecule has 70 heavy (non-hydrogen) atoms. The van der Waals surface area contributed by atoms with E-state index in [0.29, 0.717) is 0 Å². The summed E-state index contributed by atoms with van der Waals surface area (Å²) in [5.74, 6) is -4.03. The third kappa shape index (κ3) is 15.8. The summed E-state index contributed by atoms with van der Waals surface area (Å²) < 4.78 is 0. The molecule has 388 valence electrons. The van der Waals surface area contributed by atoms with E-state index in [4.69, 9.17) is 5.73 Å². The fourth-order valence-electron chi connectivity index (χ4n) is 8.74. The summed E-state index contributed by atoms with van der Waals surface area (Å²) in [7, 11) is 3.27. The minimum absolute atomic E-state index is 0. The van der Waals surface area contributed by atoms with Gasteiger partial charge in [0.25, 0.3) is 0 Å². The minimum atomic E-state index is -1.29. The Bertz CT molecular complexity index is 2130. The summed E-state index contributed by atoms with van der Waals surface area (Å²) in [6.07, 6.45) is -0.223. The van der Waals surface area contributed by atoms with Crippen molar-refractivity contribution < 1.29 is 38.4 Å². The molecule has 2 aromatic carbocycles. The molecule has 0 unspecified atom stereocenters. The van der Waals surface area contributed by atoms with Gasteiger partial charge in [-0.15, -0.1) is 12.4 Å². The topological polar surface area (TPSA) is 253 Å². The third-order valence-electron chi connectivity index (χ3n) is 13.3. The predicted molar refractivity (Wildman–Crippen MR) is 271 cm³/mol. The summed E-state index contributed by atoms with van der Waals surface area (Å²) in [6, 6.07) is 10.8. The zero-order chi connectivity index (χ0) is 51.5. The smallest absolute Gasteiger partial charge is 0.246 e. The molecule has 4 rings (SSSR count). The highest BCUT2D eigenvalue weighted by Gasteiger charge is 2.48. The zero-order valence-corrected chi connectivity index (χ0v) is 43.8. The molecular formula is C51H79ClN10O8. The molecule has 18 nitrogen and oxygen atoms in total. The standard InChI is InChI=1S/C51H78N10O8.ClH/c1-29(34-19-15-13-16-20-34)55-46(66)39-24-33(27-60(39)48(68)41(50(5,6)7)58-43(63)31(3)53-11)23-37(62)26-38(52)45(65)57-36-25-40(47(67)56-30(2)35-21-17-14-18-22-35)61(28-36)49(69)42(51(8,9)10)59-44(64)32(4)54-12;/h13-22,29-33,36,38-42,53-54H,23-28,52H2,1-12H3,(H,55,66)(H,56,67)(H,57,65)(H,58,63)(H,59,64);1H/t29-,30-,31+,32+,33+,36+,38+,39+,40+,41-,42-;/m1./s1. The number of Topliss-reactive ketones (excluding diaryl/α,β-unsaturated/α-hetero) is 1. The monoisotopic (exact) mass is 995 g/mol. The van der Waals surface area contributed by atoms with Gasteiger partial charge in [0.05, 0.1) is 30.2 Å². The van der Waals surface area contributed by atoms with Crippen molar-refractivity contribution in [3.8, 4) is 0 Å². The van der Waals surface area contributed by atoms with Gasteiger partial charge in [-0.2, -0.15) is 0 Å². The number of rotatable bonds is 20. The molecule has 0 aliphatic carbocycles. The Labute approximate surface area is 420 Å². The first kappa shape index (κ1) is 58.9. The Morgan fingerprint density at radius 1 is 0.600 bits per heavy atom. The van der Waals surface area contributed by atoms with Gasteiger partial charge in [0.15, 0.2) is 0 Å². The molecule has 0 bridgehead atoms. The van der Waals surface area contributed by atoms with E-state index < -0.39 is 107 Å². The minimum Gasteiger partial charge on any atom is -0.350 e. The number of amides is 7. The average Bonchev–Trinajstić information content (AvgIpc) is 3.93. The fraction of sp³-hybridized carbons (Fsp3) is 0.608. The molecule has 0 aromatic heterocycles. The van der Waals surface area contributed by atoms with Crippen molar-refractivity contribution >= 4 is 59.5 Å². The highest BCUT2D eigenvalue weighted by Crippen LogP contribution is 2.32. The number of nitrogens with zero attached hydrogens (tertiary/aromatic N) is 2. The van der Waals surface area contributed by atoms with Crippen molar-refractivity contribution in [2.45, 2.75) is 155 Å². The molecule has 0 radical (unpaired) electrons. The van der Waals surface area contributed by atoms with E-state index in [0.717, 1.165) is 11.1 Å². The van der Waals surface area contributed by atoms with Crippen molar-refractivity contribution in [3.05, 3.63) is 71.8 Å². The van der Waals surface area contributed by atoms with Crippen molar-refractivity contribution in [1.82, 2.24) is 47.0 Å². The van der Waals surface area contributed by atoms with Crippen LogP contribution >= 0.6 is 12.4 Å². The van der Waals surface area contributed by atoms with Crippen LogP contribution in [0.5, 0.6) is 0 Å². The van der Waals surface area contributed by atoms with Crippen LogP contribution < -0.4 is 43.0 Å². The quantitative estimate of drug-likeness (QED) is 0.0957. The van der Waals surface area contributed by atoms with Gasteiger partial charge in [-0.1, -0.05) is 102 Å². The van der Waals surface area contributed by atoms with E-state index in [2.05, 4.69) is 37.2 Å². The molecule has 7 amide bonds. The first-order chi connectivity index (χ1) is 32.3. The van der Waals surface area contributed by atoms with Crippen molar-refractivity contribution in [3.63, 3.8) is 0 Å². The summed E-state index contributed by atoms with van der Waals surface area (Å²) in [4.78, 5) is 114. The Hall–Kier alpha value is -5.43. The van der Waals surface area contributed by atoms with Gasteiger partial charge < -0.3 is 52.8 Å². The van der Waals surface area contributed by atoms with Crippen LogP contribution in [-0.2, 0) is 38.4 Å². The third-order valence-corrected chi connectivity index (χ3v) is 13.3. The van der Waals surface area contributed by atoms with Crippen LogP contribution in [0, 0.1) is 16.7 Å². The lowest BCUT2D eigenvalue weighted by atomic mass is 9.85. The zero-order valence-electron chi connectivity index (χ0n) is 43.0. The number of halogens is 1. The molecule has 11 atom stereocenters. The molecule has 2 aliphatic rings. The van der Waals surface area contributed by atoms with E-state index in [1.165, 1.54) is 9.80 Å². The first-order valence-corrected chi connectivity index (χ1v) is 24.1. The summed E-state index contributed by atoms with van der Waals surface area (Å²) >= 11 is 0. The summed E-state index contributed by atoms with van der Waals surface area (Å²) in [6.45, 7) is 17.9. The predicted octanol–water partition coefficient (Wildman–Crippen LogP) is 2.42. The Morgan fingerprint density at radius 2 is 1.00 bits per heavy atom. The lowest BCUT2D eigenvalue weighted by molar-refractivity contribution is -0.144. The van der Waals surface area contributed by atoms with Crippen LogP contribution in [0.2, 0.25) is 0 Å². The van der Waals surface area contributed by atoms with Gasteiger partial charge >= 0.3 is 0 Å². The van der Waals surface area contributed by atoms with Crippen LogP contribution in [-0.4, -0.2) is 132 Å². The largest absolute Gasteiger partial charge is 0.350 e. The Morgan fingerprint density at radius 3 is 1.40 bits per heavy atom. The molecule has 2 aromatic rings. The number of hydrogen-bond donors (Lipinski definition) is 8. The van der Waals surface area contributed by atoms with E-state index in [1.54, 1.807) is 27.9 Å². The normalized spacial score (nSPS) is 21.1. The molecule has 2 aliphatic heterocycles. The molecule has 2 heterocycles. The maximum absolute atomic E-state index is 14.5. The van der Waals surface area contributed by atoms with Gasteiger partial charge in [-0.3, -0.25) is 38.4 Å². The number of hydrogen-bond acceptors (Lipinski definition) is 11. The lowest BCUT2D eigenvalue weighted by Crippen LogP contribution is -2.59. The van der Waals surface area contributed by atoms with Crippen molar-refractivity contribution in [2.75, 3.05) is 27.2 Å². The number of nitrogens with two attached hydrogens (primary N) is 1. The van der Waals surface area contributed by atoms with Gasteiger partial charge in [0, 0.05) is 32.0 Å². The molecule has 0 spiro atoms. The number of benzene rings is 2. The summed E-state index contributed by atoms with van der Waals surface area (Å²) in [5, 5.41) is 20.4. The Balaban J connectivity index is 0.0000130. The van der Waals surface area contributed by atoms with Crippen LogP contribution in [0.4, 0.5) is 0 Å². The Kier molecular flexibility index (Phi) is 21.5. The highest BCUT2D eigenvalue weighted by atomic mass is 35.5. The molecule has 2 fully saturated rings. The molecular weight excluding hydrogens is 916 g/mol. The van der Waals surface area contributed by atoms with E-state index in [9.17, 15) is 38.4 Å². The molecule has 2 saturated heterocycles. The SMILES string of the molecule is CN[C@@H](C)C(=O)N[C@H](C(=O)N1C[C@@H](CC(=O)C[C@H](N)C(=O)N[C@H]2C[C@@H](C(=O)N[C@H](C)c3ccccc3)N(C(=O)[C@@H](NC(=O)[C@H](C)NC)C(C)(C)C)C2)C[C@H]1C(=O)N[C@H](C)c1ccccc1)C(C)(C)C.Cl. The fourth-order valence-corrected chi connectivity index (χ4v) is 8.74. The van der Waals surface area contributed by atoms with E-state index in [1.807, 2.05) is 116 Å². The number of likely N-dealkylation sites (tertiary alicyclic amines) is 2. The van der Waals surface area contributed by atoms with Gasteiger partial charge in [-0.25, -0.2) is 0 Å². The molecule has 19 heteroatoms. The van der Waals surface area contributed by atoms with E-state index >= 15 is 0 Å². The number of likely N-dealkylation sites (N-methyl/N-ethyl adjacent to an activating group) is 2. The van der Waals surface area contributed by atoms with Gasteiger partial charge in [0.2, 0.25) is 41.4 Å². The second-order valence-corrected chi connectivity index (χ2v) is 21.0. The maximum Gasteiger partial charge on any atom is 0.246 e. The lowest BCUT2D eigenvalue weighted by Gasteiger charge is -2.36. The molecule has 0 saturated carbocycles. The highest BCUT2D eigenvalue weighted by molar-refractivity contribution is 5.96. The number of carbonyl (C=O) groups excluding carboxylic acids is 8. The number of nitrogens with one attached hydrogen (secondary N) is 7. The van der Waals surface area contributed by atoms with Crippen molar-refractivity contribution in [1.29, 1.82) is 0 Å². The second kappa shape index (κ2) is 25.6. The van der Waals surface area contributed by atoms with Gasteiger partial charge in [-0.05, 0) is 82.5 Å². The average molecular weight is 996 g/mol. The van der Waals surface area contributed by atoms with Crippen molar-refractivity contribution in [2.24, 2.45) is 22.5 Å². The van der Waals surface area contributed by atoms with Crippen LogP contribution in [0.3, 0.4) is 0 Å². The second-order valence-electron chi connectivity index (χ2n) is 21.0. The van der Waals surface area contributed by atoms with Crippen LogP contribution in [0.15, 0.2) is 60.7 Å². The summed E-state index contributed by atoms with van der Waals surface area (Å²) in [5.41, 5.74) is 6.63.